The molecule has 2 N–H and O–H groups in total. The van der Waals surface area contributed by atoms with E-state index in [1.54, 1.807) is 28.5 Å². The topological polar surface area (TPSA) is 83.3 Å². The summed E-state index contributed by atoms with van der Waals surface area (Å²) < 4.78 is 1.74. The van der Waals surface area contributed by atoms with Gasteiger partial charge in [0.2, 0.25) is 0 Å². The number of aromatic nitrogens is 4. The summed E-state index contributed by atoms with van der Waals surface area (Å²) in [6.45, 7) is 5.20. The molecule has 0 radical (unpaired) electrons. The minimum absolute atomic E-state index is 0. The molecule has 0 aliphatic rings. The molecule has 0 aliphatic carbocycles. The van der Waals surface area contributed by atoms with Crippen LogP contribution in [0.1, 0.15) is 11.8 Å². The third kappa shape index (κ3) is 5.77. The summed E-state index contributed by atoms with van der Waals surface area (Å²) >= 11 is 1.80. The molecule has 0 saturated heterocycles. The molecule has 8 nitrogen and oxygen atoms in total. The summed E-state index contributed by atoms with van der Waals surface area (Å²) in [7, 11) is 3.95. The Labute approximate surface area is 186 Å². The van der Waals surface area contributed by atoms with E-state index in [9.17, 15) is 0 Å². The summed E-state index contributed by atoms with van der Waals surface area (Å²) in [5.74, 6) is 1.71. The van der Waals surface area contributed by atoms with Crippen molar-refractivity contribution in [3.8, 4) is 0 Å². The highest BCUT2D eigenvalue weighted by Gasteiger charge is 2.08. The van der Waals surface area contributed by atoms with Crippen LogP contribution in [0.2, 0.25) is 0 Å². The Hall–Kier alpha value is -1.95. The summed E-state index contributed by atoms with van der Waals surface area (Å²) in [5, 5.41) is 14.0. The Morgan fingerprint density at radius 3 is 2.96 bits per heavy atom. The van der Waals surface area contributed by atoms with E-state index < -0.39 is 0 Å². The Morgan fingerprint density at radius 1 is 1.36 bits per heavy atom. The molecule has 3 aromatic rings. The van der Waals surface area contributed by atoms with Crippen LogP contribution in [0.3, 0.4) is 0 Å². The first-order valence-electron chi connectivity index (χ1n) is 9.07. The minimum Gasteiger partial charge on any atom is -0.367 e. The van der Waals surface area contributed by atoms with Gasteiger partial charge >= 0.3 is 0 Å². The maximum atomic E-state index is 4.72. The van der Waals surface area contributed by atoms with Crippen LogP contribution < -0.4 is 10.6 Å². The van der Waals surface area contributed by atoms with Gasteiger partial charge < -0.3 is 15.5 Å². The monoisotopic (exact) mass is 514 g/mol. The first-order chi connectivity index (χ1) is 13.2. The number of anilines is 1. The minimum atomic E-state index is 0. The lowest BCUT2D eigenvalue weighted by Gasteiger charge is -2.21. The van der Waals surface area contributed by atoms with Crippen molar-refractivity contribution in [2.75, 3.05) is 38.5 Å². The Bertz CT molecular complexity index is 877. The highest BCUT2D eigenvalue weighted by Crippen LogP contribution is 2.17. The SMILES string of the molecule is CCNC(=NCCNc1ncnc2c1cnn2C)N(C)CCc1cccs1.I. The summed E-state index contributed by atoms with van der Waals surface area (Å²) in [4.78, 5) is 16.9. The third-order valence-corrected chi connectivity index (χ3v) is 5.10. The molecule has 3 aromatic heterocycles. The number of fused-ring (bicyclic) bond motifs is 1. The van der Waals surface area contributed by atoms with E-state index in [-0.39, 0.29) is 24.0 Å². The fourth-order valence-corrected chi connectivity index (χ4v) is 3.45. The van der Waals surface area contributed by atoms with Crippen molar-refractivity contribution >= 4 is 58.1 Å². The molecule has 0 fully saturated rings. The Morgan fingerprint density at radius 2 is 2.21 bits per heavy atom. The van der Waals surface area contributed by atoms with Crippen molar-refractivity contribution in [2.24, 2.45) is 12.0 Å². The van der Waals surface area contributed by atoms with Crippen LogP contribution in [-0.2, 0) is 13.5 Å². The predicted octanol–water partition coefficient (Wildman–Crippen LogP) is 2.59. The highest BCUT2D eigenvalue weighted by atomic mass is 127. The van der Waals surface area contributed by atoms with Crippen LogP contribution in [0.15, 0.2) is 35.0 Å². The van der Waals surface area contributed by atoms with Gasteiger partial charge in [-0.05, 0) is 24.8 Å². The van der Waals surface area contributed by atoms with Gasteiger partial charge in [0.15, 0.2) is 11.6 Å². The van der Waals surface area contributed by atoms with Gasteiger partial charge in [0.05, 0.1) is 18.1 Å². The second-order valence-corrected chi connectivity index (χ2v) is 7.17. The van der Waals surface area contributed by atoms with E-state index in [0.717, 1.165) is 42.3 Å². The molecule has 0 amide bonds. The number of guanidine groups is 1. The summed E-state index contributed by atoms with van der Waals surface area (Å²) in [6, 6.07) is 4.27. The number of rotatable bonds is 8. The largest absolute Gasteiger partial charge is 0.367 e. The van der Waals surface area contributed by atoms with Crippen LogP contribution in [0.25, 0.3) is 11.0 Å². The van der Waals surface area contributed by atoms with Gasteiger partial charge in [0, 0.05) is 38.6 Å². The van der Waals surface area contributed by atoms with E-state index in [2.05, 4.69) is 62.1 Å². The predicted molar refractivity (Wildman–Crippen MR) is 127 cm³/mol. The fraction of sp³-hybridized carbons (Fsp3) is 0.444. The number of halogens is 1. The second-order valence-electron chi connectivity index (χ2n) is 6.14. The maximum Gasteiger partial charge on any atom is 0.193 e. The molecular weight excluding hydrogens is 487 g/mol. The molecule has 10 heteroatoms. The zero-order chi connectivity index (χ0) is 19.1. The van der Waals surface area contributed by atoms with Crippen LogP contribution in [0.4, 0.5) is 5.82 Å². The molecule has 3 rings (SSSR count). The quantitative estimate of drug-likeness (QED) is 0.208. The van der Waals surface area contributed by atoms with Gasteiger partial charge in [-0.25, -0.2) is 9.97 Å². The smallest absolute Gasteiger partial charge is 0.193 e. The molecule has 0 spiro atoms. The van der Waals surface area contributed by atoms with Gasteiger partial charge in [0.1, 0.15) is 12.1 Å². The average molecular weight is 514 g/mol. The van der Waals surface area contributed by atoms with Crippen molar-refractivity contribution < 1.29 is 0 Å². The summed E-state index contributed by atoms with van der Waals surface area (Å²) in [6.07, 6.45) is 4.36. The van der Waals surface area contributed by atoms with Crippen molar-refractivity contribution in [1.82, 2.24) is 30.0 Å². The highest BCUT2D eigenvalue weighted by molar-refractivity contribution is 14.0. The van der Waals surface area contributed by atoms with Crippen LogP contribution >= 0.6 is 35.3 Å². The number of thiophene rings is 1. The van der Waals surface area contributed by atoms with Gasteiger partial charge in [-0.2, -0.15) is 5.10 Å². The Balaban J connectivity index is 0.00000280. The van der Waals surface area contributed by atoms with Gasteiger partial charge in [-0.15, -0.1) is 35.3 Å². The van der Waals surface area contributed by atoms with E-state index in [1.165, 1.54) is 4.88 Å². The molecule has 152 valence electrons. The Kier molecular flexibility index (Phi) is 8.90. The van der Waals surface area contributed by atoms with Crippen LogP contribution in [-0.4, -0.2) is 63.8 Å². The van der Waals surface area contributed by atoms with Crippen molar-refractivity contribution in [1.29, 1.82) is 0 Å². The second kappa shape index (κ2) is 11.1. The van der Waals surface area contributed by atoms with Gasteiger partial charge in [0.25, 0.3) is 0 Å². The standard InChI is InChI=1S/C18H26N8S.HI/c1-4-19-18(25(2)10-7-14-6-5-11-27-14)21-9-8-20-16-15-12-24-26(3)17(15)23-13-22-16;/h5-6,11-13H,4,7-10H2,1-3H3,(H,19,21)(H,20,22,23);1H. The molecule has 3 heterocycles. The summed E-state index contributed by atoms with van der Waals surface area (Å²) in [5.41, 5.74) is 0.817. The molecular formula is C18H27IN8S. The van der Waals surface area contributed by atoms with E-state index >= 15 is 0 Å². The lowest BCUT2D eigenvalue weighted by molar-refractivity contribution is 0.487. The number of nitrogens with zero attached hydrogens (tertiary/aromatic N) is 6. The van der Waals surface area contributed by atoms with Crippen molar-refractivity contribution in [3.63, 3.8) is 0 Å². The molecule has 0 saturated carbocycles. The molecule has 0 bridgehead atoms. The van der Waals surface area contributed by atoms with E-state index in [1.807, 2.05) is 7.05 Å². The number of aliphatic imine (C=N–C) groups is 1. The molecule has 0 aromatic carbocycles. The molecule has 28 heavy (non-hydrogen) atoms. The normalized spacial score (nSPS) is 11.3. The number of likely N-dealkylation sites (N-methyl/N-ethyl adjacent to an activating group) is 1. The van der Waals surface area contributed by atoms with E-state index in [0.29, 0.717) is 13.1 Å². The lowest BCUT2D eigenvalue weighted by Crippen LogP contribution is -2.40. The van der Waals surface area contributed by atoms with Gasteiger partial charge in [-0.3, -0.25) is 9.67 Å². The third-order valence-electron chi connectivity index (χ3n) is 4.17. The van der Waals surface area contributed by atoms with E-state index in [4.69, 9.17) is 4.99 Å². The first kappa shape index (κ1) is 22.3. The first-order valence-corrected chi connectivity index (χ1v) is 9.95. The van der Waals surface area contributed by atoms with Crippen molar-refractivity contribution in [3.05, 3.63) is 34.9 Å². The fourth-order valence-electron chi connectivity index (χ4n) is 2.75. The van der Waals surface area contributed by atoms with Gasteiger partial charge in [-0.1, -0.05) is 6.07 Å². The molecule has 0 aliphatic heterocycles. The zero-order valence-corrected chi connectivity index (χ0v) is 19.6. The maximum absolute atomic E-state index is 4.72. The number of hydrogen-bond acceptors (Lipinski definition) is 6. The average Bonchev–Trinajstić information content (AvgIpc) is 3.33. The van der Waals surface area contributed by atoms with Crippen molar-refractivity contribution in [2.45, 2.75) is 13.3 Å². The van der Waals surface area contributed by atoms with Crippen LogP contribution in [0.5, 0.6) is 0 Å². The molecule has 0 atom stereocenters. The zero-order valence-electron chi connectivity index (χ0n) is 16.4. The number of aryl methyl sites for hydroxylation is 1. The van der Waals surface area contributed by atoms with Crippen LogP contribution in [0, 0.1) is 0 Å². The lowest BCUT2D eigenvalue weighted by atomic mass is 10.3. The number of nitrogens with one attached hydrogen (secondary N) is 2. The molecule has 0 unspecified atom stereocenters. The number of hydrogen-bond donors (Lipinski definition) is 2.